The maximum Gasteiger partial charge on any atom is 0.337 e. The summed E-state index contributed by atoms with van der Waals surface area (Å²) in [5.74, 6) is -0.419. The Kier molecular flexibility index (Phi) is 6.07. The summed E-state index contributed by atoms with van der Waals surface area (Å²) < 4.78 is 4.66. The molecule has 2 aromatic carbocycles. The Balaban J connectivity index is 2.02. The molecule has 0 aliphatic carbocycles. The average molecular weight is 350 g/mol. The number of methoxy groups -OCH3 is 1. The van der Waals surface area contributed by atoms with Gasteiger partial charge in [0, 0.05) is 4.90 Å². The van der Waals surface area contributed by atoms with E-state index in [0.717, 1.165) is 10.5 Å². The molecule has 0 bridgehead atoms. The Hall–Kier alpha value is -1.98. The Morgan fingerprint density at radius 2 is 1.96 bits per heavy atom. The van der Waals surface area contributed by atoms with E-state index in [4.69, 9.17) is 11.6 Å². The molecule has 0 fully saturated rings. The van der Waals surface area contributed by atoms with E-state index in [1.807, 2.05) is 31.2 Å². The predicted molar refractivity (Wildman–Crippen MR) is 93.3 cm³/mol. The number of benzene rings is 2. The van der Waals surface area contributed by atoms with Crippen LogP contribution in [0.4, 0.5) is 5.69 Å². The molecule has 0 heterocycles. The maximum absolute atomic E-state index is 12.1. The zero-order chi connectivity index (χ0) is 16.8. The first-order valence-electron chi connectivity index (χ1n) is 6.87. The number of thioether (sulfide) groups is 1. The van der Waals surface area contributed by atoms with Gasteiger partial charge in [-0.25, -0.2) is 4.79 Å². The molecule has 23 heavy (non-hydrogen) atoms. The van der Waals surface area contributed by atoms with E-state index >= 15 is 0 Å². The molecular formula is C17H16ClNO3S. The molecule has 0 radical (unpaired) electrons. The normalized spacial score (nSPS) is 10.2. The third-order valence-electron chi connectivity index (χ3n) is 3.11. The highest BCUT2D eigenvalue weighted by Crippen LogP contribution is 2.25. The van der Waals surface area contributed by atoms with Crippen LogP contribution in [0.1, 0.15) is 15.9 Å². The van der Waals surface area contributed by atoms with E-state index in [9.17, 15) is 9.59 Å². The molecule has 4 nitrogen and oxygen atoms in total. The van der Waals surface area contributed by atoms with Crippen molar-refractivity contribution in [1.82, 2.24) is 0 Å². The first-order chi connectivity index (χ1) is 11.0. The minimum atomic E-state index is -0.480. The van der Waals surface area contributed by atoms with Gasteiger partial charge in [-0.05, 0) is 36.8 Å². The van der Waals surface area contributed by atoms with Crippen LogP contribution in [0.5, 0.6) is 0 Å². The molecule has 0 spiro atoms. The molecule has 0 saturated heterocycles. The van der Waals surface area contributed by atoms with Gasteiger partial charge in [0.2, 0.25) is 5.91 Å². The van der Waals surface area contributed by atoms with Gasteiger partial charge < -0.3 is 10.1 Å². The van der Waals surface area contributed by atoms with Crippen LogP contribution in [0.25, 0.3) is 0 Å². The van der Waals surface area contributed by atoms with Crippen LogP contribution in [0.2, 0.25) is 5.02 Å². The number of amides is 1. The predicted octanol–water partition coefficient (Wildman–Crippen LogP) is 4.17. The number of aryl methyl sites for hydroxylation is 1. The zero-order valence-electron chi connectivity index (χ0n) is 12.8. The SMILES string of the molecule is COC(=O)c1ccc(Cl)c(NC(=O)CSc2ccccc2C)c1. The van der Waals surface area contributed by atoms with E-state index in [0.29, 0.717) is 16.3 Å². The van der Waals surface area contributed by atoms with Crippen molar-refractivity contribution in [2.75, 3.05) is 18.2 Å². The quantitative estimate of drug-likeness (QED) is 0.650. The van der Waals surface area contributed by atoms with Gasteiger partial charge >= 0.3 is 5.97 Å². The van der Waals surface area contributed by atoms with Crippen LogP contribution in [0, 0.1) is 6.92 Å². The maximum atomic E-state index is 12.1. The zero-order valence-corrected chi connectivity index (χ0v) is 14.3. The van der Waals surface area contributed by atoms with Crippen molar-refractivity contribution in [2.24, 2.45) is 0 Å². The van der Waals surface area contributed by atoms with E-state index in [1.54, 1.807) is 12.1 Å². The fourth-order valence-corrected chi connectivity index (χ4v) is 2.91. The van der Waals surface area contributed by atoms with E-state index in [2.05, 4.69) is 10.1 Å². The first-order valence-corrected chi connectivity index (χ1v) is 8.23. The topological polar surface area (TPSA) is 55.4 Å². The lowest BCUT2D eigenvalue weighted by atomic mass is 10.2. The van der Waals surface area contributed by atoms with Gasteiger partial charge in [-0.3, -0.25) is 4.79 Å². The summed E-state index contributed by atoms with van der Waals surface area (Å²) in [6.07, 6.45) is 0. The number of rotatable bonds is 5. The molecule has 0 aliphatic heterocycles. The molecule has 0 atom stereocenters. The van der Waals surface area contributed by atoms with Crippen molar-refractivity contribution < 1.29 is 14.3 Å². The molecule has 0 unspecified atom stereocenters. The lowest BCUT2D eigenvalue weighted by Crippen LogP contribution is -2.15. The number of hydrogen-bond donors (Lipinski definition) is 1. The summed E-state index contributed by atoms with van der Waals surface area (Å²) in [5.41, 5.74) is 1.85. The van der Waals surface area contributed by atoms with Crippen LogP contribution < -0.4 is 5.32 Å². The summed E-state index contributed by atoms with van der Waals surface area (Å²) in [6, 6.07) is 12.5. The third-order valence-corrected chi connectivity index (χ3v) is 4.62. The number of nitrogens with one attached hydrogen (secondary N) is 1. The molecule has 120 valence electrons. The standard InChI is InChI=1S/C17H16ClNO3S/c1-11-5-3-4-6-15(11)23-10-16(20)19-14-9-12(17(21)22-2)7-8-13(14)18/h3-9H,10H2,1-2H3,(H,19,20). The number of anilines is 1. The minimum Gasteiger partial charge on any atom is -0.465 e. The van der Waals surface area contributed by atoms with Crippen LogP contribution in [-0.4, -0.2) is 24.7 Å². The van der Waals surface area contributed by atoms with Gasteiger partial charge in [-0.1, -0.05) is 29.8 Å². The highest BCUT2D eigenvalue weighted by Gasteiger charge is 2.12. The second kappa shape index (κ2) is 8.04. The van der Waals surface area contributed by atoms with Crippen molar-refractivity contribution in [2.45, 2.75) is 11.8 Å². The fraction of sp³-hybridized carbons (Fsp3) is 0.176. The van der Waals surface area contributed by atoms with Crippen molar-refractivity contribution in [3.8, 4) is 0 Å². The molecule has 1 amide bonds. The lowest BCUT2D eigenvalue weighted by Gasteiger charge is -2.09. The van der Waals surface area contributed by atoms with Crippen molar-refractivity contribution >= 4 is 40.9 Å². The van der Waals surface area contributed by atoms with Crippen molar-refractivity contribution in [1.29, 1.82) is 0 Å². The molecule has 2 aromatic rings. The molecule has 0 aliphatic rings. The highest BCUT2D eigenvalue weighted by atomic mass is 35.5. The number of hydrogen-bond acceptors (Lipinski definition) is 4. The lowest BCUT2D eigenvalue weighted by molar-refractivity contribution is -0.113. The number of ether oxygens (including phenoxy) is 1. The average Bonchev–Trinajstić information content (AvgIpc) is 2.55. The Morgan fingerprint density at radius 1 is 1.22 bits per heavy atom. The number of carbonyl (C=O) groups excluding carboxylic acids is 2. The fourth-order valence-electron chi connectivity index (χ4n) is 1.91. The van der Waals surface area contributed by atoms with Gasteiger partial charge in [-0.15, -0.1) is 11.8 Å². The summed E-state index contributed by atoms with van der Waals surface area (Å²) in [4.78, 5) is 24.7. The number of esters is 1. The van der Waals surface area contributed by atoms with Gasteiger partial charge in [0.25, 0.3) is 0 Å². The highest BCUT2D eigenvalue weighted by molar-refractivity contribution is 8.00. The van der Waals surface area contributed by atoms with Crippen LogP contribution in [-0.2, 0) is 9.53 Å². The van der Waals surface area contributed by atoms with E-state index in [-0.39, 0.29) is 11.7 Å². The van der Waals surface area contributed by atoms with Crippen LogP contribution in [0.15, 0.2) is 47.4 Å². The molecule has 6 heteroatoms. The van der Waals surface area contributed by atoms with Crippen LogP contribution >= 0.6 is 23.4 Å². The Morgan fingerprint density at radius 3 is 2.65 bits per heavy atom. The van der Waals surface area contributed by atoms with Crippen LogP contribution in [0.3, 0.4) is 0 Å². The minimum absolute atomic E-state index is 0.192. The molecule has 0 saturated carbocycles. The Labute approximate surface area is 144 Å². The van der Waals surface area contributed by atoms with Gasteiger partial charge in [0.1, 0.15) is 0 Å². The molecule has 0 aromatic heterocycles. The third kappa shape index (κ3) is 4.74. The summed E-state index contributed by atoms with van der Waals surface area (Å²) in [5, 5.41) is 3.09. The molecule has 1 N–H and O–H groups in total. The molecular weight excluding hydrogens is 334 g/mol. The summed E-state index contributed by atoms with van der Waals surface area (Å²) in [7, 11) is 1.30. The van der Waals surface area contributed by atoms with Gasteiger partial charge in [0.15, 0.2) is 0 Å². The smallest absolute Gasteiger partial charge is 0.337 e. The summed E-state index contributed by atoms with van der Waals surface area (Å²) in [6.45, 7) is 2.00. The van der Waals surface area contributed by atoms with Gasteiger partial charge in [0.05, 0.1) is 29.1 Å². The van der Waals surface area contributed by atoms with Crippen molar-refractivity contribution in [3.63, 3.8) is 0 Å². The number of carbonyl (C=O) groups is 2. The van der Waals surface area contributed by atoms with E-state index < -0.39 is 5.97 Å². The largest absolute Gasteiger partial charge is 0.465 e. The van der Waals surface area contributed by atoms with Gasteiger partial charge in [-0.2, -0.15) is 0 Å². The second-order valence-electron chi connectivity index (χ2n) is 4.79. The second-order valence-corrected chi connectivity index (χ2v) is 6.21. The first kappa shape index (κ1) is 17.4. The monoisotopic (exact) mass is 349 g/mol. The summed E-state index contributed by atoms with van der Waals surface area (Å²) >= 11 is 7.51. The Bertz CT molecular complexity index is 734. The van der Waals surface area contributed by atoms with Crippen molar-refractivity contribution in [3.05, 3.63) is 58.6 Å². The molecule has 2 rings (SSSR count). The number of halogens is 1. The van der Waals surface area contributed by atoms with E-state index in [1.165, 1.54) is 24.9 Å².